The first-order valence-corrected chi connectivity index (χ1v) is 6.55. The van der Waals surface area contributed by atoms with Crippen molar-refractivity contribution in [2.75, 3.05) is 12.3 Å². The lowest BCUT2D eigenvalue weighted by atomic mass is 9.88. The SMILES string of the molecule is CCPCCC1CCCCC1. The summed E-state index contributed by atoms with van der Waals surface area (Å²) in [5.41, 5.74) is 0. The Morgan fingerprint density at radius 1 is 1.18 bits per heavy atom. The number of hydrogen-bond donors (Lipinski definition) is 0. The molecule has 0 spiro atoms. The summed E-state index contributed by atoms with van der Waals surface area (Å²) < 4.78 is 0. The van der Waals surface area contributed by atoms with Crippen LogP contribution in [-0.2, 0) is 0 Å². The minimum absolute atomic E-state index is 1.11. The first kappa shape index (κ1) is 9.52. The monoisotopic (exact) mass is 172 g/mol. The average molecular weight is 172 g/mol. The zero-order valence-electron chi connectivity index (χ0n) is 7.73. The van der Waals surface area contributed by atoms with Crippen LogP contribution in [0.3, 0.4) is 0 Å². The summed E-state index contributed by atoms with van der Waals surface area (Å²) in [4.78, 5) is 0. The van der Waals surface area contributed by atoms with Gasteiger partial charge < -0.3 is 0 Å². The first-order valence-electron chi connectivity index (χ1n) is 5.14. The quantitative estimate of drug-likeness (QED) is 0.448. The molecule has 0 aromatic rings. The molecule has 0 aliphatic heterocycles. The Morgan fingerprint density at radius 2 is 1.91 bits per heavy atom. The molecular formula is C10H21P. The molecular weight excluding hydrogens is 151 g/mol. The molecule has 0 radical (unpaired) electrons. The second kappa shape index (κ2) is 6.00. The summed E-state index contributed by atoms with van der Waals surface area (Å²) in [7, 11) is 1.24. The third kappa shape index (κ3) is 4.11. The van der Waals surface area contributed by atoms with E-state index in [1.165, 1.54) is 59.4 Å². The Balaban J connectivity index is 1.96. The fourth-order valence-corrected chi connectivity index (χ4v) is 2.92. The van der Waals surface area contributed by atoms with E-state index in [0.717, 1.165) is 5.92 Å². The van der Waals surface area contributed by atoms with Crippen LogP contribution in [0.2, 0.25) is 0 Å². The normalized spacial score (nSPS) is 21.5. The van der Waals surface area contributed by atoms with Crippen molar-refractivity contribution in [3.05, 3.63) is 0 Å². The third-order valence-corrected chi connectivity index (χ3v) is 3.85. The van der Waals surface area contributed by atoms with Crippen LogP contribution in [-0.4, -0.2) is 12.3 Å². The van der Waals surface area contributed by atoms with Gasteiger partial charge in [-0.25, -0.2) is 0 Å². The fourth-order valence-electron chi connectivity index (χ4n) is 1.96. The van der Waals surface area contributed by atoms with Crippen LogP contribution in [0.15, 0.2) is 0 Å². The van der Waals surface area contributed by atoms with E-state index >= 15 is 0 Å². The van der Waals surface area contributed by atoms with Crippen LogP contribution in [0.4, 0.5) is 0 Å². The van der Waals surface area contributed by atoms with Crippen molar-refractivity contribution < 1.29 is 0 Å². The Morgan fingerprint density at radius 3 is 2.55 bits per heavy atom. The van der Waals surface area contributed by atoms with Gasteiger partial charge in [0.2, 0.25) is 0 Å². The average Bonchev–Trinajstić information content (AvgIpc) is 2.07. The lowest BCUT2D eigenvalue weighted by Gasteiger charge is -2.20. The van der Waals surface area contributed by atoms with Gasteiger partial charge in [-0.15, -0.1) is 8.58 Å². The van der Waals surface area contributed by atoms with Gasteiger partial charge in [-0.2, -0.15) is 0 Å². The largest absolute Gasteiger partial charge is 0.122 e. The fraction of sp³-hybridized carbons (Fsp3) is 1.00. The highest BCUT2D eigenvalue weighted by Gasteiger charge is 2.11. The summed E-state index contributed by atoms with van der Waals surface area (Å²) in [5.74, 6) is 1.11. The highest BCUT2D eigenvalue weighted by atomic mass is 31.1. The third-order valence-electron chi connectivity index (χ3n) is 2.70. The molecule has 0 nitrogen and oxygen atoms in total. The molecule has 0 bridgehead atoms. The summed E-state index contributed by atoms with van der Waals surface area (Å²) in [5, 5.41) is 0. The van der Waals surface area contributed by atoms with E-state index in [0.29, 0.717) is 0 Å². The predicted molar refractivity (Wildman–Crippen MR) is 54.9 cm³/mol. The molecule has 0 aromatic heterocycles. The van der Waals surface area contributed by atoms with Gasteiger partial charge in [0, 0.05) is 0 Å². The summed E-state index contributed by atoms with van der Waals surface area (Å²) in [6.07, 6.45) is 12.1. The second-order valence-electron chi connectivity index (χ2n) is 3.65. The van der Waals surface area contributed by atoms with Crippen LogP contribution in [0, 0.1) is 5.92 Å². The lowest BCUT2D eigenvalue weighted by molar-refractivity contribution is 0.351. The number of hydrogen-bond acceptors (Lipinski definition) is 0. The molecule has 0 heterocycles. The van der Waals surface area contributed by atoms with E-state index in [-0.39, 0.29) is 0 Å². The van der Waals surface area contributed by atoms with Crippen molar-refractivity contribution in [3.8, 4) is 0 Å². The van der Waals surface area contributed by atoms with Crippen LogP contribution < -0.4 is 0 Å². The molecule has 66 valence electrons. The molecule has 1 atom stereocenters. The maximum atomic E-state index is 2.30. The van der Waals surface area contributed by atoms with Crippen LogP contribution in [0.1, 0.15) is 45.4 Å². The molecule has 1 rings (SSSR count). The lowest BCUT2D eigenvalue weighted by Crippen LogP contribution is -2.06. The Kier molecular flexibility index (Phi) is 5.19. The van der Waals surface area contributed by atoms with Crippen molar-refractivity contribution in [2.24, 2.45) is 5.92 Å². The van der Waals surface area contributed by atoms with Crippen molar-refractivity contribution in [1.82, 2.24) is 0 Å². The summed E-state index contributed by atoms with van der Waals surface area (Å²) in [6.45, 7) is 2.30. The smallest absolute Gasteiger partial charge is 0.0351 e. The van der Waals surface area contributed by atoms with E-state index < -0.39 is 0 Å². The van der Waals surface area contributed by atoms with Gasteiger partial charge in [0.15, 0.2) is 0 Å². The van der Waals surface area contributed by atoms with E-state index in [1.807, 2.05) is 0 Å². The van der Waals surface area contributed by atoms with Gasteiger partial charge >= 0.3 is 0 Å². The van der Waals surface area contributed by atoms with Crippen LogP contribution in [0.5, 0.6) is 0 Å². The van der Waals surface area contributed by atoms with Crippen molar-refractivity contribution >= 4 is 8.58 Å². The number of rotatable bonds is 4. The molecule has 1 aliphatic carbocycles. The Hall–Kier alpha value is 0.430. The van der Waals surface area contributed by atoms with Gasteiger partial charge in [0.05, 0.1) is 0 Å². The minimum atomic E-state index is 1.11. The van der Waals surface area contributed by atoms with Crippen LogP contribution >= 0.6 is 8.58 Å². The molecule has 0 saturated heterocycles. The molecule has 1 heteroatoms. The van der Waals surface area contributed by atoms with E-state index in [4.69, 9.17) is 0 Å². The predicted octanol–water partition coefficient (Wildman–Crippen LogP) is 3.66. The summed E-state index contributed by atoms with van der Waals surface area (Å²) >= 11 is 0. The molecule has 0 N–H and O–H groups in total. The van der Waals surface area contributed by atoms with E-state index in [2.05, 4.69) is 6.92 Å². The Labute approximate surface area is 72.9 Å². The minimum Gasteiger partial charge on any atom is -0.122 e. The van der Waals surface area contributed by atoms with Gasteiger partial charge in [-0.05, 0) is 24.7 Å². The van der Waals surface area contributed by atoms with Crippen LogP contribution in [0.25, 0.3) is 0 Å². The van der Waals surface area contributed by atoms with Gasteiger partial charge in [-0.3, -0.25) is 0 Å². The highest BCUT2D eigenvalue weighted by Crippen LogP contribution is 2.28. The molecule has 1 unspecified atom stereocenters. The van der Waals surface area contributed by atoms with Crippen molar-refractivity contribution in [3.63, 3.8) is 0 Å². The zero-order chi connectivity index (χ0) is 7.94. The zero-order valence-corrected chi connectivity index (χ0v) is 8.73. The Bertz CT molecular complexity index is 84.9. The standard InChI is InChI=1S/C10H21P/c1-2-11-9-8-10-6-4-3-5-7-10/h10-11H,2-9H2,1H3. The maximum Gasteiger partial charge on any atom is -0.0351 e. The van der Waals surface area contributed by atoms with E-state index in [9.17, 15) is 0 Å². The second-order valence-corrected chi connectivity index (χ2v) is 5.35. The van der Waals surface area contributed by atoms with Gasteiger partial charge in [0.1, 0.15) is 0 Å². The topological polar surface area (TPSA) is 0 Å². The molecule has 1 aliphatic rings. The molecule has 0 amide bonds. The van der Waals surface area contributed by atoms with Gasteiger partial charge in [-0.1, -0.05) is 39.0 Å². The summed E-state index contributed by atoms with van der Waals surface area (Å²) in [6, 6.07) is 0. The highest BCUT2D eigenvalue weighted by molar-refractivity contribution is 7.37. The first-order chi connectivity index (χ1) is 5.43. The maximum absolute atomic E-state index is 2.30. The molecule has 0 aromatic carbocycles. The van der Waals surface area contributed by atoms with E-state index in [1.54, 1.807) is 0 Å². The molecule has 1 fully saturated rings. The van der Waals surface area contributed by atoms with Crippen molar-refractivity contribution in [2.45, 2.75) is 45.4 Å². The van der Waals surface area contributed by atoms with Gasteiger partial charge in [0.25, 0.3) is 0 Å². The molecule has 1 saturated carbocycles. The van der Waals surface area contributed by atoms with Crippen molar-refractivity contribution in [1.29, 1.82) is 0 Å². The molecule has 11 heavy (non-hydrogen) atoms.